The van der Waals surface area contributed by atoms with Gasteiger partial charge in [0, 0.05) is 12.6 Å². The molecule has 0 aliphatic heterocycles. The lowest BCUT2D eigenvalue weighted by Gasteiger charge is -2.23. The van der Waals surface area contributed by atoms with Gasteiger partial charge in [-0.15, -0.1) is 0 Å². The van der Waals surface area contributed by atoms with E-state index in [1.54, 1.807) is 18.0 Å². The maximum Gasteiger partial charge on any atom is 0.321 e. The lowest BCUT2D eigenvalue weighted by molar-refractivity contribution is -0.121. The van der Waals surface area contributed by atoms with Gasteiger partial charge in [0.1, 0.15) is 0 Å². The van der Waals surface area contributed by atoms with Gasteiger partial charge in [0.15, 0.2) is 0 Å². The standard InChI is InChI=1S/C17H23Cl2N3O2/c1-22(10-12-6-5-9-14(18)16(12)19)11-15(23)21-17(24)20-13-7-3-2-4-8-13/h5-6,9,13H,2-4,7-8,10-11H2,1H3,(H2,20,21,23,24). The maximum atomic E-state index is 12.0. The molecule has 1 aromatic carbocycles. The number of hydrogen-bond acceptors (Lipinski definition) is 3. The number of nitrogens with one attached hydrogen (secondary N) is 2. The van der Waals surface area contributed by atoms with Crippen molar-refractivity contribution < 1.29 is 9.59 Å². The zero-order chi connectivity index (χ0) is 17.5. The number of carbonyl (C=O) groups is 2. The minimum absolute atomic E-state index is 0.0981. The molecule has 0 bridgehead atoms. The van der Waals surface area contributed by atoms with Crippen molar-refractivity contribution in [3.63, 3.8) is 0 Å². The number of carbonyl (C=O) groups excluding carboxylic acids is 2. The van der Waals surface area contributed by atoms with Crippen molar-refractivity contribution in [1.29, 1.82) is 0 Å². The third kappa shape index (κ3) is 5.96. The first-order chi connectivity index (χ1) is 11.5. The molecule has 1 aliphatic rings. The van der Waals surface area contributed by atoms with Gasteiger partial charge >= 0.3 is 6.03 Å². The molecule has 0 heterocycles. The van der Waals surface area contributed by atoms with Crippen LogP contribution >= 0.6 is 23.2 Å². The zero-order valence-electron chi connectivity index (χ0n) is 13.8. The molecule has 0 aromatic heterocycles. The van der Waals surface area contributed by atoms with E-state index in [2.05, 4.69) is 10.6 Å². The van der Waals surface area contributed by atoms with E-state index in [-0.39, 0.29) is 18.5 Å². The first-order valence-corrected chi connectivity index (χ1v) is 8.93. The molecular formula is C17H23Cl2N3O2. The average molecular weight is 372 g/mol. The van der Waals surface area contributed by atoms with Gasteiger partial charge in [-0.05, 0) is 31.5 Å². The number of likely N-dealkylation sites (N-methyl/N-ethyl adjacent to an activating group) is 1. The Morgan fingerprint density at radius 2 is 1.92 bits per heavy atom. The molecule has 0 saturated heterocycles. The largest absolute Gasteiger partial charge is 0.335 e. The lowest BCUT2D eigenvalue weighted by atomic mass is 9.96. The summed E-state index contributed by atoms with van der Waals surface area (Å²) in [6.45, 7) is 0.567. The summed E-state index contributed by atoms with van der Waals surface area (Å²) in [4.78, 5) is 25.6. The van der Waals surface area contributed by atoms with Gasteiger partial charge in [-0.3, -0.25) is 15.0 Å². The molecule has 0 atom stereocenters. The Morgan fingerprint density at radius 1 is 1.21 bits per heavy atom. The predicted octanol–water partition coefficient (Wildman–Crippen LogP) is 3.58. The van der Waals surface area contributed by atoms with Crippen LogP contribution in [-0.4, -0.2) is 36.5 Å². The van der Waals surface area contributed by atoms with E-state index < -0.39 is 6.03 Å². The highest BCUT2D eigenvalue weighted by Crippen LogP contribution is 2.26. The van der Waals surface area contributed by atoms with Crippen LogP contribution in [0.25, 0.3) is 0 Å². The van der Waals surface area contributed by atoms with Crippen LogP contribution in [0.4, 0.5) is 4.79 Å². The topological polar surface area (TPSA) is 61.4 Å². The normalized spacial score (nSPS) is 15.3. The van der Waals surface area contributed by atoms with Crippen molar-refractivity contribution in [1.82, 2.24) is 15.5 Å². The third-order valence-electron chi connectivity index (χ3n) is 4.08. The first kappa shape index (κ1) is 19.0. The van der Waals surface area contributed by atoms with Crippen molar-refractivity contribution in [2.45, 2.75) is 44.7 Å². The Kier molecular flexibility index (Phi) is 7.34. The summed E-state index contributed by atoms with van der Waals surface area (Å²) >= 11 is 12.1. The van der Waals surface area contributed by atoms with Gasteiger partial charge < -0.3 is 5.32 Å². The molecule has 0 radical (unpaired) electrons. The summed E-state index contributed by atoms with van der Waals surface area (Å²) in [7, 11) is 1.79. The Bertz CT molecular complexity index is 589. The zero-order valence-corrected chi connectivity index (χ0v) is 15.3. The summed E-state index contributed by atoms with van der Waals surface area (Å²) in [6.07, 6.45) is 5.43. The molecule has 132 valence electrons. The van der Waals surface area contributed by atoms with Crippen molar-refractivity contribution in [2.24, 2.45) is 0 Å². The highest BCUT2D eigenvalue weighted by Gasteiger charge is 2.17. The SMILES string of the molecule is CN(CC(=O)NC(=O)NC1CCCCC1)Cc1cccc(Cl)c1Cl. The molecule has 3 amide bonds. The molecule has 5 nitrogen and oxygen atoms in total. The number of urea groups is 1. The Labute approximate surface area is 152 Å². The molecule has 1 aromatic rings. The summed E-state index contributed by atoms with van der Waals surface area (Å²) in [6, 6.07) is 5.15. The molecule has 7 heteroatoms. The molecule has 24 heavy (non-hydrogen) atoms. The van der Waals surface area contributed by atoms with Crippen LogP contribution in [0.15, 0.2) is 18.2 Å². The fourth-order valence-electron chi connectivity index (χ4n) is 2.90. The average Bonchev–Trinajstić information content (AvgIpc) is 2.52. The monoisotopic (exact) mass is 371 g/mol. The smallest absolute Gasteiger partial charge is 0.321 e. The number of hydrogen-bond donors (Lipinski definition) is 2. The highest BCUT2D eigenvalue weighted by atomic mass is 35.5. The van der Waals surface area contributed by atoms with E-state index in [1.165, 1.54) is 6.42 Å². The van der Waals surface area contributed by atoms with E-state index >= 15 is 0 Å². The number of amides is 3. The van der Waals surface area contributed by atoms with Crippen LogP contribution in [0, 0.1) is 0 Å². The van der Waals surface area contributed by atoms with Crippen LogP contribution in [-0.2, 0) is 11.3 Å². The van der Waals surface area contributed by atoms with Crippen molar-refractivity contribution in [2.75, 3.05) is 13.6 Å². The van der Waals surface area contributed by atoms with Gasteiger partial charge in [-0.2, -0.15) is 0 Å². The summed E-state index contributed by atoms with van der Waals surface area (Å²) < 4.78 is 0. The summed E-state index contributed by atoms with van der Waals surface area (Å²) in [5.41, 5.74) is 0.839. The number of nitrogens with zero attached hydrogens (tertiary/aromatic N) is 1. The van der Waals surface area contributed by atoms with Gasteiger partial charge in [-0.1, -0.05) is 54.6 Å². The number of imide groups is 1. The number of rotatable bonds is 5. The fraction of sp³-hybridized carbons (Fsp3) is 0.529. The molecule has 0 spiro atoms. The second-order valence-electron chi connectivity index (χ2n) is 6.24. The van der Waals surface area contributed by atoms with Gasteiger partial charge in [-0.25, -0.2) is 4.79 Å². The van der Waals surface area contributed by atoms with E-state index in [1.807, 2.05) is 12.1 Å². The predicted molar refractivity (Wildman–Crippen MR) is 96.3 cm³/mol. The van der Waals surface area contributed by atoms with Crippen LogP contribution in [0.2, 0.25) is 10.0 Å². The quantitative estimate of drug-likeness (QED) is 0.831. The van der Waals surface area contributed by atoms with Crippen LogP contribution in [0.3, 0.4) is 0 Å². The lowest BCUT2D eigenvalue weighted by Crippen LogP contribution is -2.47. The maximum absolute atomic E-state index is 12.0. The summed E-state index contributed by atoms with van der Waals surface area (Å²) in [5, 5.41) is 6.21. The van der Waals surface area contributed by atoms with Crippen molar-refractivity contribution in [3.05, 3.63) is 33.8 Å². The van der Waals surface area contributed by atoms with E-state index in [4.69, 9.17) is 23.2 Å². The third-order valence-corrected chi connectivity index (χ3v) is 4.94. The Balaban J connectivity index is 1.76. The molecular weight excluding hydrogens is 349 g/mol. The number of halogens is 2. The van der Waals surface area contributed by atoms with E-state index in [0.29, 0.717) is 16.6 Å². The Morgan fingerprint density at radius 3 is 2.62 bits per heavy atom. The second kappa shape index (κ2) is 9.25. The molecule has 1 fully saturated rings. The van der Waals surface area contributed by atoms with E-state index in [0.717, 1.165) is 31.2 Å². The molecule has 1 saturated carbocycles. The second-order valence-corrected chi connectivity index (χ2v) is 7.03. The van der Waals surface area contributed by atoms with Gasteiger partial charge in [0.2, 0.25) is 5.91 Å². The van der Waals surface area contributed by atoms with Crippen LogP contribution in [0.5, 0.6) is 0 Å². The minimum Gasteiger partial charge on any atom is -0.335 e. The van der Waals surface area contributed by atoms with E-state index in [9.17, 15) is 9.59 Å². The molecule has 0 unspecified atom stereocenters. The first-order valence-electron chi connectivity index (χ1n) is 8.17. The summed E-state index contributed by atoms with van der Waals surface area (Å²) in [5.74, 6) is -0.344. The minimum atomic E-state index is -0.416. The molecule has 1 aliphatic carbocycles. The Hall–Kier alpha value is -1.30. The van der Waals surface area contributed by atoms with Gasteiger partial charge in [0.25, 0.3) is 0 Å². The molecule has 2 N–H and O–H groups in total. The van der Waals surface area contributed by atoms with Crippen LogP contribution in [0.1, 0.15) is 37.7 Å². The number of benzene rings is 1. The molecule has 2 rings (SSSR count). The highest BCUT2D eigenvalue weighted by molar-refractivity contribution is 6.42. The van der Waals surface area contributed by atoms with Gasteiger partial charge in [0.05, 0.1) is 16.6 Å². The fourth-order valence-corrected chi connectivity index (χ4v) is 3.28. The van der Waals surface area contributed by atoms with Crippen molar-refractivity contribution >= 4 is 35.1 Å². The van der Waals surface area contributed by atoms with Crippen molar-refractivity contribution in [3.8, 4) is 0 Å². The van der Waals surface area contributed by atoms with Crippen LogP contribution < -0.4 is 10.6 Å².